The number of carbonyl (C=O) groups is 1. The van der Waals surface area contributed by atoms with Gasteiger partial charge in [0.2, 0.25) is 0 Å². The zero-order chi connectivity index (χ0) is 16.5. The summed E-state index contributed by atoms with van der Waals surface area (Å²) < 4.78 is 9.63. The van der Waals surface area contributed by atoms with E-state index in [-0.39, 0.29) is 11.3 Å². The second-order valence-corrected chi connectivity index (χ2v) is 4.88. The summed E-state index contributed by atoms with van der Waals surface area (Å²) in [6.07, 6.45) is -4.67. The number of phenolic OH excluding ortho intramolecular Hbond substituents is 1. The number of aliphatic hydroxyl groups excluding tert-OH is 3. The molecule has 0 saturated carbocycles. The monoisotopic (exact) mass is 315 g/mol. The molecule has 2 rings (SSSR count). The molecular formula is C13H17NO8. The molecule has 1 aliphatic rings. The Hall–Kier alpha value is -1.75. The number of ether oxygens (including phenoxy) is 2. The molecule has 1 aromatic rings. The summed E-state index contributed by atoms with van der Waals surface area (Å²) in [6.45, 7) is -0.749. The van der Waals surface area contributed by atoms with E-state index in [2.05, 4.69) is 0 Å². The van der Waals surface area contributed by atoms with Crippen LogP contribution in [-0.4, -0.2) is 68.4 Å². The van der Waals surface area contributed by atoms with Gasteiger partial charge in [-0.1, -0.05) is 12.1 Å². The number of hydrogen-bond acceptors (Lipinski definition) is 9. The third-order valence-corrected chi connectivity index (χ3v) is 3.38. The predicted molar refractivity (Wildman–Crippen MR) is 70.4 cm³/mol. The van der Waals surface area contributed by atoms with Crippen LogP contribution in [-0.2, 0) is 9.47 Å². The fourth-order valence-corrected chi connectivity index (χ4v) is 2.08. The molecule has 5 atom stereocenters. The van der Waals surface area contributed by atoms with Crippen molar-refractivity contribution in [2.24, 2.45) is 5.73 Å². The van der Waals surface area contributed by atoms with Crippen LogP contribution in [0.1, 0.15) is 10.4 Å². The highest BCUT2D eigenvalue weighted by atomic mass is 16.8. The maximum atomic E-state index is 12.0. The summed E-state index contributed by atoms with van der Waals surface area (Å²) in [7, 11) is 0. The van der Waals surface area contributed by atoms with Crippen LogP contribution in [0, 0.1) is 0 Å². The van der Waals surface area contributed by atoms with Crippen molar-refractivity contribution in [1.29, 1.82) is 0 Å². The lowest BCUT2D eigenvalue weighted by Gasteiger charge is -2.44. The van der Waals surface area contributed by atoms with Gasteiger partial charge in [-0.25, -0.2) is 4.79 Å². The molecule has 1 fully saturated rings. The number of carbonyl (C=O) groups excluding carboxylic acids is 1. The highest BCUT2D eigenvalue weighted by molar-refractivity contribution is 5.92. The van der Waals surface area contributed by atoms with Gasteiger partial charge in [-0.3, -0.25) is 0 Å². The Bertz CT molecular complexity index is 551. The maximum absolute atomic E-state index is 12.0. The zero-order valence-corrected chi connectivity index (χ0v) is 11.4. The largest absolute Gasteiger partial charge is 0.507 e. The van der Waals surface area contributed by atoms with Gasteiger partial charge in [-0.2, -0.15) is 0 Å². The first kappa shape index (κ1) is 16.6. The van der Waals surface area contributed by atoms with Crippen LogP contribution in [0.2, 0.25) is 0 Å². The summed E-state index contributed by atoms with van der Waals surface area (Å²) in [5.74, 6) is -4.32. The van der Waals surface area contributed by atoms with Gasteiger partial charge in [0.05, 0.1) is 6.61 Å². The number of aromatic hydroxyl groups is 1. The van der Waals surface area contributed by atoms with Crippen LogP contribution in [0.15, 0.2) is 24.3 Å². The van der Waals surface area contributed by atoms with Crippen LogP contribution in [0.25, 0.3) is 0 Å². The first-order valence-electron chi connectivity index (χ1n) is 6.44. The Labute approximate surface area is 125 Å². The summed E-state index contributed by atoms with van der Waals surface area (Å²) >= 11 is 0. The van der Waals surface area contributed by atoms with Gasteiger partial charge in [-0.05, 0) is 12.1 Å². The fourth-order valence-electron chi connectivity index (χ4n) is 2.08. The number of nitrogens with two attached hydrogens (primary N) is 1. The van der Waals surface area contributed by atoms with E-state index in [0.29, 0.717) is 0 Å². The van der Waals surface area contributed by atoms with Crippen LogP contribution in [0.4, 0.5) is 0 Å². The van der Waals surface area contributed by atoms with Crippen molar-refractivity contribution in [3.8, 4) is 5.75 Å². The quantitative estimate of drug-likeness (QED) is 0.264. The number of para-hydroxylation sites is 1. The summed E-state index contributed by atoms with van der Waals surface area (Å²) in [5, 5.41) is 48.2. The smallest absolute Gasteiger partial charge is 0.346 e. The third-order valence-electron chi connectivity index (χ3n) is 3.38. The Morgan fingerprint density at radius 2 is 1.95 bits per heavy atom. The van der Waals surface area contributed by atoms with Crippen molar-refractivity contribution in [1.82, 2.24) is 0 Å². The second kappa shape index (κ2) is 6.16. The van der Waals surface area contributed by atoms with Crippen LogP contribution in [0.3, 0.4) is 0 Å². The molecule has 0 amide bonds. The average Bonchev–Trinajstić information content (AvgIpc) is 2.49. The standard InChI is InChI=1S/C13H17NO8/c14-11-10(18)9(17)8(5-15)21-13(11,20)22-12(19)6-3-1-2-4-7(6)16/h1-4,8-11,15-18,20H,5,14H2/t8-,9-,10+,11-,13-/m1/s1. The lowest BCUT2D eigenvalue weighted by atomic mass is 9.96. The van der Waals surface area contributed by atoms with E-state index in [4.69, 9.17) is 20.3 Å². The molecule has 0 unspecified atom stereocenters. The van der Waals surface area contributed by atoms with Crippen LogP contribution < -0.4 is 5.73 Å². The van der Waals surface area contributed by atoms with Gasteiger partial charge in [0.15, 0.2) is 0 Å². The van der Waals surface area contributed by atoms with E-state index in [9.17, 15) is 25.2 Å². The molecule has 0 radical (unpaired) electrons. The normalized spacial score (nSPS) is 35.1. The second-order valence-electron chi connectivity index (χ2n) is 4.88. The Morgan fingerprint density at radius 3 is 2.55 bits per heavy atom. The predicted octanol–water partition coefficient (Wildman–Crippen LogP) is -2.36. The molecule has 7 N–H and O–H groups in total. The number of rotatable bonds is 3. The van der Waals surface area contributed by atoms with E-state index in [1.165, 1.54) is 24.3 Å². The van der Waals surface area contributed by atoms with Crippen LogP contribution >= 0.6 is 0 Å². The van der Waals surface area contributed by atoms with Crippen LogP contribution in [0.5, 0.6) is 5.75 Å². The van der Waals surface area contributed by atoms with E-state index < -0.39 is 42.9 Å². The number of phenols is 1. The number of benzene rings is 1. The third kappa shape index (κ3) is 2.90. The molecule has 1 aromatic carbocycles. The topological polar surface area (TPSA) is 163 Å². The van der Waals surface area contributed by atoms with E-state index >= 15 is 0 Å². The Balaban J connectivity index is 2.23. The van der Waals surface area contributed by atoms with E-state index in [1.54, 1.807) is 0 Å². The minimum Gasteiger partial charge on any atom is -0.507 e. The first-order valence-corrected chi connectivity index (χ1v) is 6.44. The molecule has 0 bridgehead atoms. The molecule has 0 spiro atoms. The van der Waals surface area contributed by atoms with Gasteiger partial charge in [0.25, 0.3) is 0 Å². The van der Waals surface area contributed by atoms with Crippen molar-refractivity contribution in [2.45, 2.75) is 30.3 Å². The molecule has 0 aliphatic carbocycles. The van der Waals surface area contributed by atoms with Crippen molar-refractivity contribution in [3.63, 3.8) is 0 Å². The van der Waals surface area contributed by atoms with Crippen molar-refractivity contribution >= 4 is 5.97 Å². The SMILES string of the molecule is N[C@@H]1[C@@H](O)[C@H](O)[C@@H](CO)O[C@@]1(O)OC(=O)c1ccccc1O. The number of aliphatic hydroxyl groups is 4. The number of esters is 1. The van der Waals surface area contributed by atoms with E-state index in [1.807, 2.05) is 0 Å². The molecular weight excluding hydrogens is 298 g/mol. The van der Waals surface area contributed by atoms with Gasteiger partial charge >= 0.3 is 11.9 Å². The van der Waals surface area contributed by atoms with Gasteiger partial charge in [0.1, 0.15) is 35.7 Å². The first-order chi connectivity index (χ1) is 10.3. The maximum Gasteiger partial charge on any atom is 0.346 e. The summed E-state index contributed by atoms with van der Waals surface area (Å²) in [6, 6.07) is 3.73. The molecule has 9 nitrogen and oxygen atoms in total. The van der Waals surface area contributed by atoms with Crippen molar-refractivity contribution in [3.05, 3.63) is 29.8 Å². The van der Waals surface area contributed by atoms with E-state index in [0.717, 1.165) is 0 Å². The Kier molecular flexibility index (Phi) is 4.66. The zero-order valence-electron chi connectivity index (χ0n) is 11.4. The van der Waals surface area contributed by atoms with Crippen molar-refractivity contribution < 1.29 is 39.8 Å². The van der Waals surface area contributed by atoms with Gasteiger partial charge < -0.3 is 40.7 Å². The lowest BCUT2D eigenvalue weighted by Crippen LogP contribution is -2.69. The minimum absolute atomic E-state index is 0.257. The lowest BCUT2D eigenvalue weighted by molar-refractivity contribution is -0.402. The van der Waals surface area contributed by atoms with Gasteiger partial charge in [0, 0.05) is 0 Å². The highest BCUT2D eigenvalue weighted by Crippen LogP contribution is 2.29. The minimum atomic E-state index is -2.77. The summed E-state index contributed by atoms with van der Waals surface area (Å²) in [5.41, 5.74) is 5.27. The van der Waals surface area contributed by atoms with Crippen molar-refractivity contribution in [2.75, 3.05) is 6.61 Å². The molecule has 0 aromatic heterocycles. The molecule has 1 saturated heterocycles. The fraction of sp³-hybridized carbons (Fsp3) is 0.462. The molecule has 122 valence electrons. The molecule has 22 heavy (non-hydrogen) atoms. The summed E-state index contributed by atoms with van der Waals surface area (Å²) in [4.78, 5) is 12.0. The number of hydrogen-bond donors (Lipinski definition) is 6. The molecule has 9 heteroatoms. The molecule has 1 aliphatic heterocycles. The highest BCUT2D eigenvalue weighted by Gasteiger charge is 2.54. The average molecular weight is 315 g/mol. The molecule has 1 heterocycles. The Morgan fingerprint density at radius 1 is 1.32 bits per heavy atom. The van der Waals surface area contributed by atoms with Gasteiger partial charge in [-0.15, -0.1) is 0 Å².